The molecule has 0 aliphatic rings. The van der Waals surface area contributed by atoms with Gasteiger partial charge in [0.2, 0.25) is 0 Å². The average Bonchev–Trinajstić information content (AvgIpc) is 2.48. The van der Waals surface area contributed by atoms with E-state index in [0.29, 0.717) is 12.2 Å². The molecule has 1 heterocycles. The van der Waals surface area contributed by atoms with Crippen LogP contribution in [-0.4, -0.2) is 24.6 Å². The molecule has 1 atom stereocenters. The van der Waals surface area contributed by atoms with Gasteiger partial charge >= 0.3 is 0 Å². The standard InChI is InChI=1S/C17H20N2O2/c1-13-9-14(11-18-10-13)16(20)19-17(2,12-21-3)15-7-5-4-6-8-15/h4-11H,12H2,1-3H3,(H,19,20)/t17-/m1/s1. The zero-order valence-corrected chi connectivity index (χ0v) is 12.6. The van der Waals surface area contributed by atoms with Crippen molar-refractivity contribution in [2.45, 2.75) is 19.4 Å². The number of pyridine rings is 1. The quantitative estimate of drug-likeness (QED) is 0.918. The van der Waals surface area contributed by atoms with E-state index < -0.39 is 5.54 Å². The van der Waals surface area contributed by atoms with Crippen LogP contribution in [0.2, 0.25) is 0 Å². The van der Waals surface area contributed by atoms with E-state index in [1.165, 1.54) is 0 Å². The van der Waals surface area contributed by atoms with Gasteiger partial charge in [0, 0.05) is 19.5 Å². The number of rotatable bonds is 5. The van der Waals surface area contributed by atoms with Crippen LogP contribution in [0, 0.1) is 6.92 Å². The fraction of sp³-hybridized carbons (Fsp3) is 0.294. The molecule has 0 bridgehead atoms. The number of amides is 1. The Labute approximate surface area is 125 Å². The summed E-state index contributed by atoms with van der Waals surface area (Å²) in [5.41, 5.74) is 1.92. The molecule has 2 aromatic rings. The van der Waals surface area contributed by atoms with Gasteiger partial charge in [-0.15, -0.1) is 0 Å². The van der Waals surface area contributed by atoms with Crippen molar-refractivity contribution in [2.75, 3.05) is 13.7 Å². The van der Waals surface area contributed by atoms with Crippen LogP contribution in [-0.2, 0) is 10.3 Å². The molecular formula is C17H20N2O2. The van der Waals surface area contributed by atoms with Crippen molar-refractivity contribution < 1.29 is 9.53 Å². The number of benzene rings is 1. The Morgan fingerprint density at radius 3 is 2.62 bits per heavy atom. The predicted molar refractivity (Wildman–Crippen MR) is 82.1 cm³/mol. The molecule has 0 spiro atoms. The second-order valence-corrected chi connectivity index (χ2v) is 5.34. The van der Waals surface area contributed by atoms with Crippen molar-refractivity contribution in [3.8, 4) is 0 Å². The number of aromatic nitrogens is 1. The summed E-state index contributed by atoms with van der Waals surface area (Å²) in [5, 5.41) is 3.05. The SMILES string of the molecule is COC[C@@](C)(NC(=O)c1cncc(C)c1)c1ccccc1. The lowest BCUT2D eigenvalue weighted by atomic mass is 9.92. The number of ether oxygens (including phenoxy) is 1. The Morgan fingerprint density at radius 2 is 2.00 bits per heavy atom. The zero-order chi connectivity index (χ0) is 15.3. The highest BCUT2D eigenvalue weighted by Gasteiger charge is 2.29. The second-order valence-electron chi connectivity index (χ2n) is 5.34. The van der Waals surface area contributed by atoms with Gasteiger partial charge in [-0.05, 0) is 31.0 Å². The summed E-state index contributed by atoms with van der Waals surface area (Å²) in [6.45, 7) is 4.25. The minimum atomic E-state index is -0.586. The molecule has 0 fully saturated rings. The number of aryl methyl sites for hydroxylation is 1. The van der Waals surface area contributed by atoms with Crippen molar-refractivity contribution >= 4 is 5.91 Å². The van der Waals surface area contributed by atoms with E-state index in [2.05, 4.69) is 10.3 Å². The Morgan fingerprint density at radius 1 is 1.29 bits per heavy atom. The molecule has 1 aromatic heterocycles. The number of methoxy groups -OCH3 is 1. The first-order valence-electron chi connectivity index (χ1n) is 6.84. The van der Waals surface area contributed by atoms with Crippen LogP contribution < -0.4 is 5.32 Å². The molecule has 110 valence electrons. The molecule has 21 heavy (non-hydrogen) atoms. The summed E-state index contributed by atoms with van der Waals surface area (Å²) < 4.78 is 5.29. The van der Waals surface area contributed by atoms with Gasteiger partial charge in [0.05, 0.1) is 17.7 Å². The molecule has 0 aliphatic carbocycles. The topological polar surface area (TPSA) is 51.2 Å². The van der Waals surface area contributed by atoms with Gasteiger partial charge in [0.1, 0.15) is 0 Å². The Kier molecular flexibility index (Phi) is 4.70. The van der Waals surface area contributed by atoms with Crippen LogP contribution in [0.3, 0.4) is 0 Å². The second kappa shape index (κ2) is 6.50. The van der Waals surface area contributed by atoms with E-state index >= 15 is 0 Å². The fourth-order valence-electron chi connectivity index (χ4n) is 2.29. The first-order chi connectivity index (χ1) is 10.0. The molecule has 0 saturated heterocycles. The van der Waals surface area contributed by atoms with Crippen molar-refractivity contribution in [1.82, 2.24) is 10.3 Å². The monoisotopic (exact) mass is 284 g/mol. The summed E-state index contributed by atoms with van der Waals surface area (Å²) in [6.07, 6.45) is 3.29. The first-order valence-corrected chi connectivity index (χ1v) is 6.84. The number of nitrogens with zero attached hydrogens (tertiary/aromatic N) is 1. The van der Waals surface area contributed by atoms with Gasteiger partial charge in [-0.3, -0.25) is 9.78 Å². The van der Waals surface area contributed by atoms with Crippen LogP contribution >= 0.6 is 0 Å². The molecule has 4 heteroatoms. The van der Waals surface area contributed by atoms with Crippen LogP contribution in [0.1, 0.15) is 28.4 Å². The summed E-state index contributed by atoms with van der Waals surface area (Å²) >= 11 is 0. The maximum atomic E-state index is 12.5. The molecule has 1 N–H and O–H groups in total. The van der Waals surface area contributed by atoms with Gasteiger partial charge in [-0.2, -0.15) is 0 Å². The number of hydrogen-bond acceptors (Lipinski definition) is 3. The molecule has 0 aliphatic heterocycles. The first kappa shape index (κ1) is 15.2. The number of hydrogen-bond donors (Lipinski definition) is 1. The summed E-state index contributed by atoms with van der Waals surface area (Å²) in [5.74, 6) is -0.158. The van der Waals surface area contributed by atoms with Crippen molar-refractivity contribution in [3.05, 3.63) is 65.5 Å². The molecule has 1 amide bonds. The van der Waals surface area contributed by atoms with Crippen molar-refractivity contribution in [1.29, 1.82) is 0 Å². The highest BCUT2D eigenvalue weighted by atomic mass is 16.5. The predicted octanol–water partition coefficient (Wildman–Crippen LogP) is 2.68. The van der Waals surface area contributed by atoms with Crippen LogP contribution in [0.25, 0.3) is 0 Å². The third-order valence-corrected chi connectivity index (χ3v) is 3.37. The highest BCUT2D eigenvalue weighted by molar-refractivity contribution is 5.94. The van der Waals surface area contributed by atoms with Gasteiger partial charge in [0.25, 0.3) is 5.91 Å². The van der Waals surface area contributed by atoms with Crippen molar-refractivity contribution in [3.63, 3.8) is 0 Å². The van der Waals surface area contributed by atoms with Gasteiger partial charge in [-0.1, -0.05) is 30.3 Å². The largest absolute Gasteiger partial charge is 0.382 e. The third kappa shape index (κ3) is 3.67. The van der Waals surface area contributed by atoms with E-state index in [9.17, 15) is 4.79 Å². The molecule has 0 unspecified atom stereocenters. The number of carbonyl (C=O) groups excluding carboxylic acids is 1. The van der Waals surface area contributed by atoms with Gasteiger partial charge in [0.15, 0.2) is 0 Å². The third-order valence-electron chi connectivity index (χ3n) is 3.37. The van der Waals surface area contributed by atoms with E-state index in [1.807, 2.05) is 50.2 Å². The van der Waals surface area contributed by atoms with E-state index in [-0.39, 0.29) is 5.91 Å². The highest BCUT2D eigenvalue weighted by Crippen LogP contribution is 2.21. The zero-order valence-electron chi connectivity index (χ0n) is 12.6. The summed E-state index contributed by atoms with van der Waals surface area (Å²) in [4.78, 5) is 16.5. The Bertz CT molecular complexity index is 613. The molecule has 1 aromatic carbocycles. The minimum absolute atomic E-state index is 0.158. The lowest BCUT2D eigenvalue weighted by Gasteiger charge is -2.30. The fourth-order valence-corrected chi connectivity index (χ4v) is 2.29. The Balaban J connectivity index is 2.26. The number of carbonyl (C=O) groups is 1. The lowest BCUT2D eigenvalue weighted by Crippen LogP contribution is -2.46. The Hall–Kier alpha value is -2.20. The molecule has 2 rings (SSSR count). The van der Waals surface area contributed by atoms with Crippen LogP contribution in [0.5, 0.6) is 0 Å². The smallest absolute Gasteiger partial charge is 0.253 e. The maximum absolute atomic E-state index is 12.5. The molecular weight excluding hydrogens is 264 g/mol. The van der Waals surface area contributed by atoms with Gasteiger partial charge in [-0.25, -0.2) is 0 Å². The normalized spacial score (nSPS) is 13.5. The van der Waals surface area contributed by atoms with Crippen molar-refractivity contribution in [2.24, 2.45) is 0 Å². The average molecular weight is 284 g/mol. The summed E-state index contributed by atoms with van der Waals surface area (Å²) in [6, 6.07) is 11.6. The van der Waals surface area contributed by atoms with E-state index in [4.69, 9.17) is 4.74 Å². The lowest BCUT2D eigenvalue weighted by molar-refractivity contribution is 0.0785. The van der Waals surface area contributed by atoms with E-state index in [1.54, 1.807) is 19.5 Å². The molecule has 0 saturated carbocycles. The minimum Gasteiger partial charge on any atom is -0.382 e. The maximum Gasteiger partial charge on any atom is 0.253 e. The molecule has 4 nitrogen and oxygen atoms in total. The van der Waals surface area contributed by atoms with Crippen LogP contribution in [0.4, 0.5) is 0 Å². The van der Waals surface area contributed by atoms with Crippen LogP contribution in [0.15, 0.2) is 48.8 Å². The van der Waals surface area contributed by atoms with E-state index in [0.717, 1.165) is 11.1 Å². The molecule has 0 radical (unpaired) electrons. The van der Waals surface area contributed by atoms with Gasteiger partial charge < -0.3 is 10.1 Å². The number of nitrogens with one attached hydrogen (secondary N) is 1. The summed E-state index contributed by atoms with van der Waals surface area (Å²) in [7, 11) is 1.63.